The van der Waals surface area contributed by atoms with Crippen LogP contribution >= 0.6 is 0 Å². The molecule has 130 valence electrons. The van der Waals surface area contributed by atoms with Crippen LogP contribution in [0.5, 0.6) is 0 Å². The fourth-order valence-corrected chi connectivity index (χ4v) is 4.71. The standard InChI is InChI=1S/C21H26N4/c1-2-5-16(6-3-1)10-24-11-18-13-25(14-19(18)12-24)21-9-20(22-15-23-21)17-7-4-8-17/h1-3,5-6,9,15,17-19H,4,7-8,10-14H2. The summed E-state index contributed by atoms with van der Waals surface area (Å²) < 4.78 is 0. The first kappa shape index (κ1) is 15.3. The van der Waals surface area contributed by atoms with Gasteiger partial charge in [0.25, 0.3) is 0 Å². The van der Waals surface area contributed by atoms with Crippen molar-refractivity contribution < 1.29 is 0 Å². The SMILES string of the molecule is c1ccc(CN2CC3CN(c4cc(C5CCC5)ncn4)CC3C2)cc1. The van der Waals surface area contributed by atoms with Crippen LogP contribution in [0.25, 0.3) is 0 Å². The lowest BCUT2D eigenvalue weighted by Crippen LogP contribution is -2.29. The van der Waals surface area contributed by atoms with Crippen molar-refractivity contribution in [3.05, 3.63) is 54.0 Å². The van der Waals surface area contributed by atoms with Crippen molar-refractivity contribution >= 4 is 5.82 Å². The van der Waals surface area contributed by atoms with Crippen LogP contribution in [0.2, 0.25) is 0 Å². The van der Waals surface area contributed by atoms with E-state index in [2.05, 4.69) is 56.2 Å². The van der Waals surface area contributed by atoms with Crippen molar-refractivity contribution in [2.24, 2.45) is 11.8 Å². The molecule has 0 spiro atoms. The van der Waals surface area contributed by atoms with Crippen molar-refractivity contribution in [3.8, 4) is 0 Å². The lowest BCUT2D eigenvalue weighted by atomic mass is 9.83. The molecule has 2 aromatic rings. The summed E-state index contributed by atoms with van der Waals surface area (Å²) >= 11 is 0. The summed E-state index contributed by atoms with van der Waals surface area (Å²) in [6.07, 6.45) is 5.74. The average Bonchev–Trinajstić information content (AvgIpc) is 3.13. The van der Waals surface area contributed by atoms with Crippen molar-refractivity contribution in [2.75, 3.05) is 31.1 Å². The van der Waals surface area contributed by atoms with Crippen LogP contribution < -0.4 is 4.90 Å². The number of fused-ring (bicyclic) bond motifs is 1. The van der Waals surface area contributed by atoms with Crippen LogP contribution in [-0.4, -0.2) is 41.0 Å². The highest BCUT2D eigenvalue weighted by molar-refractivity contribution is 5.42. The van der Waals surface area contributed by atoms with Crippen LogP contribution in [0.3, 0.4) is 0 Å². The quantitative estimate of drug-likeness (QED) is 0.859. The van der Waals surface area contributed by atoms with Gasteiger partial charge in [-0.25, -0.2) is 9.97 Å². The second-order valence-corrected chi connectivity index (χ2v) is 8.03. The Kier molecular flexibility index (Phi) is 3.93. The number of benzene rings is 1. The highest BCUT2D eigenvalue weighted by atomic mass is 15.3. The predicted octanol–water partition coefficient (Wildman–Crippen LogP) is 3.31. The lowest BCUT2D eigenvalue weighted by Gasteiger charge is -2.26. The van der Waals surface area contributed by atoms with Crippen molar-refractivity contribution in [3.63, 3.8) is 0 Å². The van der Waals surface area contributed by atoms with Gasteiger partial charge in [-0.1, -0.05) is 36.8 Å². The third-order valence-corrected chi connectivity index (χ3v) is 6.33. The van der Waals surface area contributed by atoms with E-state index in [1.165, 1.54) is 43.6 Å². The minimum atomic E-state index is 0.685. The van der Waals surface area contributed by atoms with E-state index in [4.69, 9.17) is 0 Å². The van der Waals surface area contributed by atoms with Crippen LogP contribution in [0.4, 0.5) is 5.82 Å². The molecule has 1 aromatic heterocycles. The molecule has 3 aliphatic rings. The van der Waals surface area contributed by atoms with Gasteiger partial charge in [0.05, 0.1) is 0 Å². The van der Waals surface area contributed by atoms with Crippen LogP contribution in [0.1, 0.15) is 36.4 Å². The minimum Gasteiger partial charge on any atom is -0.356 e. The molecule has 0 radical (unpaired) electrons. The molecule has 1 aromatic carbocycles. The number of anilines is 1. The van der Waals surface area contributed by atoms with E-state index in [-0.39, 0.29) is 0 Å². The molecule has 2 atom stereocenters. The molecule has 0 N–H and O–H groups in total. The molecule has 2 unspecified atom stereocenters. The van der Waals surface area contributed by atoms with Gasteiger partial charge in [0.2, 0.25) is 0 Å². The Morgan fingerprint density at radius 1 is 0.920 bits per heavy atom. The largest absolute Gasteiger partial charge is 0.356 e. The van der Waals surface area contributed by atoms with Gasteiger partial charge in [-0.3, -0.25) is 4.90 Å². The third-order valence-electron chi connectivity index (χ3n) is 6.33. The van der Waals surface area contributed by atoms with Crippen LogP contribution in [-0.2, 0) is 6.54 Å². The molecule has 5 rings (SSSR count). The minimum absolute atomic E-state index is 0.685. The molecule has 2 aliphatic heterocycles. The maximum Gasteiger partial charge on any atom is 0.132 e. The Hall–Kier alpha value is -1.94. The summed E-state index contributed by atoms with van der Waals surface area (Å²) in [6, 6.07) is 13.1. The molecule has 2 saturated heterocycles. The van der Waals surface area contributed by atoms with Crippen molar-refractivity contribution in [2.45, 2.75) is 31.7 Å². The highest BCUT2D eigenvalue weighted by Gasteiger charge is 2.40. The Morgan fingerprint density at radius 3 is 2.36 bits per heavy atom. The van der Waals surface area contributed by atoms with Gasteiger partial charge in [-0.05, 0) is 30.2 Å². The molecule has 3 fully saturated rings. The third kappa shape index (κ3) is 3.04. The zero-order valence-corrected chi connectivity index (χ0v) is 14.7. The molecule has 4 nitrogen and oxygen atoms in total. The first-order valence-corrected chi connectivity index (χ1v) is 9.68. The fraction of sp³-hybridized carbons (Fsp3) is 0.524. The maximum atomic E-state index is 4.58. The number of hydrogen-bond acceptors (Lipinski definition) is 4. The van der Waals surface area contributed by atoms with Gasteiger partial charge in [0.15, 0.2) is 0 Å². The van der Waals surface area contributed by atoms with Crippen molar-refractivity contribution in [1.29, 1.82) is 0 Å². The number of rotatable bonds is 4. The van der Waals surface area contributed by atoms with Crippen LogP contribution in [0.15, 0.2) is 42.7 Å². The topological polar surface area (TPSA) is 32.3 Å². The molecular formula is C21H26N4. The lowest BCUT2D eigenvalue weighted by molar-refractivity contribution is 0.309. The van der Waals surface area contributed by atoms with E-state index >= 15 is 0 Å². The van der Waals surface area contributed by atoms with Gasteiger partial charge >= 0.3 is 0 Å². The molecule has 4 heteroatoms. The zero-order valence-electron chi connectivity index (χ0n) is 14.7. The second kappa shape index (κ2) is 6.41. The summed E-state index contributed by atoms with van der Waals surface area (Å²) in [6.45, 7) is 5.83. The van der Waals surface area contributed by atoms with E-state index in [0.717, 1.165) is 37.3 Å². The molecule has 25 heavy (non-hydrogen) atoms. The predicted molar refractivity (Wildman–Crippen MR) is 99.5 cm³/mol. The van der Waals surface area contributed by atoms with Gasteiger partial charge < -0.3 is 4.90 Å². The monoisotopic (exact) mass is 334 g/mol. The fourth-order valence-electron chi connectivity index (χ4n) is 4.71. The molecule has 1 aliphatic carbocycles. The Bertz CT molecular complexity index is 714. The molecular weight excluding hydrogens is 308 g/mol. The summed E-state index contributed by atoms with van der Waals surface area (Å²) in [5, 5.41) is 0. The Labute approximate surface area is 149 Å². The molecule has 0 amide bonds. The normalized spacial score (nSPS) is 26.6. The van der Waals surface area contributed by atoms with Crippen molar-refractivity contribution in [1.82, 2.24) is 14.9 Å². The second-order valence-electron chi connectivity index (χ2n) is 8.03. The van der Waals surface area contributed by atoms with Gasteiger partial charge in [0.1, 0.15) is 12.1 Å². The summed E-state index contributed by atoms with van der Waals surface area (Å²) in [7, 11) is 0. The first-order valence-electron chi connectivity index (χ1n) is 9.68. The summed E-state index contributed by atoms with van der Waals surface area (Å²) in [5.41, 5.74) is 2.69. The Morgan fingerprint density at radius 2 is 1.68 bits per heavy atom. The summed E-state index contributed by atoms with van der Waals surface area (Å²) in [5.74, 6) is 3.41. The number of likely N-dealkylation sites (tertiary alicyclic amines) is 1. The summed E-state index contributed by atoms with van der Waals surface area (Å²) in [4.78, 5) is 14.2. The molecule has 1 saturated carbocycles. The highest BCUT2D eigenvalue weighted by Crippen LogP contribution is 2.38. The maximum absolute atomic E-state index is 4.58. The zero-order chi connectivity index (χ0) is 16.6. The molecule has 3 heterocycles. The van der Waals surface area contributed by atoms with Crippen LogP contribution in [0, 0.1) is 11.8 Å². The number of aromatic nitrogens is 2. The van der Waals surface area contributed by atoms with E-state index in [1.807, 2.05) is 0 Å². The van der Waals surface area contributed by atoms with Gasteiger partial charge in [-0.2, -0.15) is 0 Å². The van der Waals surface area contributed by atoms with Gasteiger partial charge in [-0.15, -0.1) is 0 Å². The smallest absolute Gasteiger partial charge is 0.132 e. The average molecular weight is 334 g/mol. The Balaban J connectivity index is 1.22. The van der Waals surface area contributed by atoms with Gasteiger partial charge in [0, 0.05) is 50.4 Å². The molecule has 0 bridgehead atoms. The number of nitrogens with zero attached hydrogens (tertiary/aromatic N) is 4. The van der Waals surface area contributed by atoms with E-state index in [0.29, 0.717) is 5.92 Å². The van der Waals surface area contributed by atoms with E-state index in [9.17, 15) is 0 Å². The van der Waals surface area contributed by atoms with E-state index < -0.39 is 0 Å². The first-order chi connectivity index (χ1) is 12.3. The van der Waals surface area contributed by atoms with E-state index in [1.54, 1.807) is 6.33 Å². The number of hydrogen-bond donors (Lipinski definition) is 0.